The third-order valence-electron chi connectivity index (χ3n) is 12.0. The van der Waals surface area contributed by atoms with Crippen molar-refractivity contribution in [3.05, 3.63) is 183 Å². The highest BCUT2D eigenvalue weighted by molar-refractivity contribution is 14.1. The molecule has 2 aromatic heterocycles. The molecule has 0 saturated heterocycles. The topological polar surface area (TPSA) is 161 Å². The van der Waals surface area contributed by atoms with Gasteiger partial charge in [0.1, 0.15) is 47.5 Å². The predicted molar refractivity (Wildman–Crippen MR) is 328 cm³/mol. The van der Waals surface area contributed by atoms with Gasteiger partial charge in [-0.2, -0.15) is 26.3 Å². The van der Waals surface area contributed by atoms with Crippen molar-refractivity contribution in [1.29, 1.82) is 0 Å². The Hall–Kier alpha value is -7.21. The lowest BCUT2D eigenvalue weighted by atomic mass is 10.0. The van der Waals surface area contributed by atoms with Gasteiger partial charge in [-0.3, -0.25) is 9.59 Å². The molecule has 0 aliphatic rings. The molecule has 2 amide bonds. The van der Waals surface area contributed by atoms with Crippen molar-refractivity contribution in [3.8, 4) is 35.7 Å². The second-order valence-corrected chi connectivity index (χ2v) is 21.5. The van der Waals surface area contributed by atoms with Crippen LogP contribution < -0.4 is 31.6 Å². The fourth-order valence-corrected chi connectivity index (χ4v) is 9.05. The van der Waals surface area contributed by atoms with Gasteiger partial charge in [0.05, 0.1) is 19.2 Å². The third-order valence-corrected chi connectivity index (χ3v) is 14.1. The van der Waals surface area contributed by atoms with Gasteiger partial charge in [0.25, 0.3) is 11.8 Å². The first-order chi connectivity index (χ1) is 39.0. The Bertz CT molecular complexity index is 3840. The van der Waals surface area contributed by atoms with E-state index in [1.54, 1.807) is 93.7 Å². The number of aryl methyl sites for hydroxylation is 2. The molecular formula is C60H51Cl4F6IN8O4. The molecule has 6 aromatic carbocycles. The van der Waals surface area contributed by atoms with Crippen molar-refractivity contribution in [1.82, 2.24) is 19.8 Å². The second kappa shape index (κ2) is 28.4. The average Bonchev–Trinajstić information content (AvgIpc) is 3.48. The van der Waals surface area contributed by atoms with Crippen LogP contribution in [0, 0.1) is 41.6 Å². The lowest BCUT2D eigenvalue weighted by molar-refractivity contribution is -0.139. The van der Waals surface area contributed by atoms with E-state index in [9.17, 15) is 35.9 Å². The molecule has 83 heavy (non-hydrogen) atoms. The summed E-state index contributed by atoms with van der Waals surface area (Å²) in [4.78, 5) is 37.3. The zero-order valence-corrected chi connectivity index (χ0v) is 50.2. The Kier molecular flexibility index (Phi) is 22.2. The number of aromatic nitrogens is 2. The van der Waals surface area contributed by atoms with Crippen LogP contribution in [0.5, 0.6) is 11.5 Å². The highest BCUT2D eigenvalue weighted by atomic mass is 127. The highest BCUT2D eigenvalue weighted by Crippen LogP contribution is 2.44. The van der Waals surface area contributed by atoms with Crippen molar-refractivity contribution in [2.75, 3.05) is 76.6 Å². The number of terminal acetylenes is 1. The Morgan fingerprint density at radius 3 is 1.51 bits per heavy atom. The van der Waals surface area contributed by atoms with Crippen molar-refractivity contribution in [2.24, 2.45) is 0 Å². The number of hydrogen-bond acceptors (Lipinski definition) is 10. The Labute approximate surface area is 508 Å². The summed E-state index contributed by atoms with van der Waals surface area (Å²) in [5, 5.41) is 9.29. The number of nitrogen functional groups attached to an aromatic ring is 2. The van der Waals surface area contributed by atoms with E-state index in [0.29, 0.717) is 40.6 Å². The molecular weight excluding hydrogens is 1280 g/mol. The molecule has 8 rings (SSSR count). The van der Waals surface area contributed by atoms with Crippen LogP contribution in [0.1, 0.15) is 59.7 Å². The summed E-state index contributed by atoms with van der Waals surface area (Å²) >= 11 is 26.4. The number of benzene rings is 6. The van der Waals surface area contributed by atoms with Crippen LogP contribution in [0.4, 0.5) is 49.4 Å². The minimum atomic E-state index is -4.76. The Morgan fingerprint density at radius 2 is 1.05 bits per heavy atom. The van der Waals surface area contributed by atoms with E-state index in [0.717, 1.165) is 53.4 Å². The van der Waals surface area contributed by atoms with Gasteiger partial charge < -0.3 is 41.4 Å². The first-order valence-corrected chi connectivity index (χ1v) is 27.2. The molecule has 0 atom stereocenters. The van der Waals surface area contributed by atoms with E-state index < -0.39 is 46.8 Å². The fourth-order valence-electron chi connectivity index (χ4n) is 7.55. The van der Waals surface area contributed by atoms with Crippen LogP contribution in [0.3, 0.4) is 0 Å². The fraction of sp³-hybridized carbons (Fsp3) is 0.200. The van der Waals surface area contributed by atoms with Crippen molar-refractivity contribution < 1.29 is 45.4 Å². The number of amides is 2. The molecule has 432 valence electrons. The van der Waals surface area contributed by atoms with Crippen LogP contribution in [-0.4, -0.2) is 86.1 Å². The Balaban J connectivity index is 0.000000227. The third kappa shape index (κ3) is 17.7. The van der Waals surface area contributed by atoms with Crippen molar-refractivity contribution in [2.45, 2.75) is 26.2 Å². The molecule has 2 heterocycles. The number of alkyl halides is 6. The number of hydrogen-bond donors (Lipinski definition) is 4. The number of anilines is 4. The van der Waals surface area contributed by atoms with Gasteiger partial charge in [0, 0.05) is 90.7 Å². The van der Waals surface area contributed by atoms with Crippen LogP contribution in [-0.2, 0) is 12.4 Å². The van der Waals surface area contributed by atoms with E-state index in [1.165, 1.54) is 24.3 Å². The molecule has 0 unspecified atom stereocenters. The molecule has 12 nitrogen and oxygen atoms in total. The van der Waals surface area contributed by atoms with Gasteiger partial charge in [0.2, 0.25) is 0 Å². The molecule has 0 aliphatic heterocycles. The summed E-state index contributed by atoms with van der Waals surface area (Å²) in [6.45, 7) is 4.44. The lowest BCUT2D eigenvalue weighted by Gasteiger charge is -2.18. The van der Waals surface area contributed by atoms with Gasteiger partial charge >= 0.3 is 12.4 Å². The van der Waals surface area contributed by atoms with E-state index in [1.807, 2.05) is 31.2 Å². The molecule has 8 aromatic rings. The quantitative estimate of drug-likeness (QED) is 0.0526. The molecule has 0 bridgehead atoms. The summed E-state index contributed by atoms with van der Waals surface area (Å²) in [5.41, 5.74) is 12.9. The normalized spacial score (nSPS) is 11.2. The lowest BCUT2D eigenvalue weighted by Crippen LogP contribution is -2.21. The first kappa shape index (κ1) is 65.0. The second-order valence-electron chi connectivity index (χ2n) is 18.8. The summed E-state index contributed by atoms with van der Waals surface area (Å²) in [5.74, 6) is 7.09. The van der Waals surface area contributed by atoms with Crippen molar-refractivity contribution >= 4 is 125 Å². The number of fused-ring (bicyclic) bond motifs is 2. The maximum Gasteiger partial charge on any atom is 0.420 e. The molecule has 0 radical (unpaired) electrons. The van der Waals surface area contributed by atoms with Gasteiger partial charge in [-0.05, 0) is 149 Å². The number of halogens is 11. The predicted octanol–water partition coefficient (Wildman–Crippen LogP) is 15.0. The van der Waals surface area contributed by atoms with Crippen LogP contribution in [0.25, 0.3) is 21.5 Å². The molecule has 0 saturated carbocycles. The van der Waals surface area contributed by atoms with Gasteiger partial charge in [0.15, 0.2) is 0 Å². The SMILES string of the molecule is C#Cc1cc(C(=O)Nc2cc(Cl)c(OCCN(C)C)c(C(F)(F)F)c2)ccc1C.Cc1ccc(C(=O)Nc2cc(Cl)c(OCCN(C)C)c(C(F)(F)F)c2)cc1C#Cc1c(N)ncc2ccc(Cl)cc12.Nc1ncc2ccc(Cl)cc2c1I. The highest BCUT2D eigenvalue weighted by Gasteiger charge is 2.37. The zero-order valence-electron chi connectivity index (χ0n) is 45.0. The number of rotatable bonds is 12. The number of nitrogens with zero attached hydrogens (tertiary/aromatic N) is 4. The van der Waals surface area contributed by atoms with Crippen molar-refractivity contribution in [3.63, 3.8) is 0 Å². The standard InChI is InChI=1S/C30H25Cl2F3N4O2.C21H20ClF3N2O2.C9H6ClIN2/c1-17-4-5-19(12-18(17)7-9-23-24-13-21(31)8-6-20(24)16-37-28(23)36)29(40)38-22-14-25(30(33,34)35)27(26(32)15-22)41-11-10-39(2)3;1-5-14-10-15(7-6-13(14)2)20(28)26-16-11-17(21(23,24)25)19(18(22)12-16)29-9-8-27(3)4;10-6-2-1-5-4-13-9(12)8(11)7(5)3-6/h4-6,8,12-16H,10-11H2,1-3H3,(H2,36,37)(H,38,40);1,6-7,10-12H,8-9H2,2-4H3,(H,26,28);1-4H,(H2,12,13). The number of carbonyl (C=O) groups excluding carboxylic acids is 2. The van der Waals surface area contributed by atoms with E-state index in [2.05, 4.69) is 61.0 Å². The molecule has 6 N–H and O–H groups in total. The number of carbonyl (C=O) groups is 2. The Morgan fingerprint density at radius 1 is 0.614 bits per heavy atom. The maximum atomic E-state index is 13.8. The largest absolute Gasteiger partial charge is 0.490 e. The van der Waals surface area contributed by atoms with Gasteiger partial charge in [-0.15, -0.1) is 6.42 Å². The summed E-state index contributed by atoms with van der Waals surface area (Å²) in [6.07, 6.45) is -0.694. The number of nitrogens with two attached hydrogens (primary N) is 2. The monoisotopic (exact) mass is 1330 g/mol. The summed E-state index contributed by atoms with van der Waals surface area (Å²) in [6, 6.07) is 24.5. The zero-order chi connectivity index (χ0) is 61.1. The van der Waals surface area contributed by atoms with E-state index in [4.69, 9.17) is 73.8 Å². The van der Waals surface area contributed by atoms with Crippen LogP contribution in [0.2, 0.25) is 20.1 Å². The maximum absolute atomic E-state index is 13.8. The summed E-state index contributed by atoms with van der Waals surface area (Å²) in [7, 11) is 7.07. The van der Waals surface area contributed by atoms with E-state index >= 15 is 0 Å². The molecule has 23 heteroatoms. The summed E-state index contributed by atoms with van der Waals surface area (Å²) < 4.78 is 93.6. The van der Waals surface area contributed by atoms with Crippen LogP contribution >= 0.6 is 69.0 Å². The van der Waals surface area contributed by atoms with Crippen LogP contribution in [0.15, 0.2) is 109 Å². The molecule has 0 aliphatic carbocycles. The number of pyridine rings is 2. The van der Waals surface area contributed by atoms with E-state index in [-0.39, 0.29) is 51.6 Å². The van der Waals surface area contributed by atoms with Gasteiger partial charge in [-0.25, -0.2) is 9.97 Å². The average molecular weight is 1330 g/mol. The smallest absolute Gasteiger partial charge is 0.420 e. The van der Waals surface area contributed by atoms with Gasteiger partial charge in [-0.1, -0.05) is 88.4 Å². The first-order valence-electron chi connectivity index (χ1n) is 24.6. The number of likely N-dealkylation sites (N-methyl/N-ethyl adjacent to an activating group) is 2. The number of nitrogens with one attached hydrogen (secondary N) is 2. The molecule has 0 fully saturated rings. The minimum Gasteiger partial charge on any atom is -0.490 e. The number of ether oxygens (including phenoxy) is 2. The molecule has 0 spiro atoms. The minimum absolute atomic E-state index is 0.00219.